The van der Waals surface area contributed by atoms with Gasteiger partial charge in [-0.25, -0.2) is 0 Å². The first-order valence-corrected chi connectivity index (χ1v) is 14.4. The number of rotatable bonds is 9. The third kappa shape index (κ3) is 6.66. The van der Waals surface area contributed by atoms with Gasteiger partial charge < -0.3 is 20.1 Å². The highest BCUT2D eigenvalue weighted by atomic mass is 16.5. The number of carbonyl (C=O) groups is 1. The van der Waals surface area contributed by atoms with E-state index in [0.29, 0.717) is 31.3 Å². The highest BCUT2D eigenvalue weighted by Crippen LogP contribution is 2.59. The van der Waals surface area contributed by atoms with Crippen LogP contribution in [-0.4, -0.2) is 46.2 Å². The van der Waals surface area contributed by atoms with Crippen LogP contribution in [0.15, 0.2) is 47.6 Å². The monoisotopic (exact) mass is 514 g/mol. The Labute approximate surface area is 224 Å². The highest BCUT2D eigenvalue weighted by molar-refractivity contribution is 5.77. The van der Waals surface area contributed by atoms with Gasteiger partial charge in [0, 0.05) is 6.42 Å². The summed E-state index contributed by atoms with van der Waals surface area (Å²) in [5.41, 5.74) is 2.37. The summed E-state index contributed by atoms with van der Waals surface area (Å²) in [6.45, 7) is 14.7. The molecule has 7 atom stereocenters. The minimum Gasteiger partial charge on any atom is -0.465 e. The van der Waals surface area contributed by atoms with Gasteiger partial charge in [0.05, 0.1) is 30.3 Å². The molecule has 3 saturated carbocycles. The molecule has 3 N–H and O–H groups in total. The molecule has 0 bridgehead atoms. The smallest absolute Gasteiger partial charge is 0.314 e. The number of esters is 1. The van der Waals surface area contributed by atoms with Crippen molar-refractivity contribution in [3.8, 4) is 0 Å². The lowest BCUT2D eigenvalue weighted by atomic mass is 9.61. The summed E-state index contributed by atoms with van der Waals surface area (Å²) in [4.78, 5) is 12.5. The third-order valence-electron chi connectivity index (χ3n) is 9.53. The van der Waals surface area contributed by atoms with Gasteiger partial charge in [0.1, 0.15) is 0 Å². The largest absolute Gasteiger partial charge is 0.465 e. The van der Waals surface area contributed by atoms with Crippen molar-refractivity contribution in [2.24, 2.45) is 28.6 Å². The second kappa shape index (κ2) is 12.4. The van der Waals surface area contributed by atoms with Gasteiger partial charge in [-0.05, 0) is 93.1 Å². The molecule has 0 aromatic heterocycles. The molecule has 0 saturated heterocycles. The highest BCUT2D eigenvalue weighted by Gasteiger charge is 2.50. The zero-order valence-corrected chi connectivity index (χ0v) is 23.7. The van der Waals surface area contributed by atoms with Gasteiger partial charge in [-0.15, -0.1) is 0 Å². The molecule has 3 aliphatic carbocycles. The molecular formula is C32H50O5. The number of ether oxygens (including phenoxy) is 1. The number of fused-ring (bicyclic) bond motifs is 1. The van der Waals surface area contributed by atoms with Crippen molar-refractivity contribution < 1.29 is 24.9 Å². The van der Waals surface area contributed by atoms with Crippen LogP contribution in [0.25, 0.3) is 0 Å². The molecule has 208 valence electrons. The fourth-order valence-electron chi connectivity index (χ4n) is 6.88. The zero-order chi connectivity index (χ0) is 27.4. The van der Waals surface area contributed by atoms with Crippen LogP contribution in [0, 0.1) is 28.6 Å². The molecule has 5 nitrogen and oxygen atoms in total. The van der Waals surface area contributed by atoms with Gasteiger partial charge in [-0.3, -0.25) is 4.79 Å². The molecule has 0 heterocycles. The van der Waals surface area contributed by atoms with Crippen LogP contribution in [0.2, 0.25) is 0 Å². The van der Waals surface area contributed by atoms with Crippen LogP contribution in [0.4, 0.5) is 0 Å². The lowest BCUT2D eigenvalue weighted by molar-refractivity contribution is -0.158. The van der Waals surface area contributed by atoms with E-state index < -0.39 is 23.7 Å². The van der Waals surface area contributed by atoms with E-state index >= 15 is 0 Å². The topological polar surface area (TPSA) is 87.0 Å². The Balaban J connectivity index is 1.69. The molecule has 3 aliphatic rings. The van der Waals surface area contributed by atoms with Gasteiger partial charge in [-0.1, -0.05) is 63.6 Å². The Morgan fingerprint density at radius 3 is 2.68 bits per heavy atom. The molecule has 0 aromatic rings. The number of aliphatic hydroxyl groups is 3. The maximum Gasteiger partial charge on any atom is 0.314 e. The van der Waals surface area contributed by atoms with E-state index in [1.54, 1.807) is 19.9 Å². The van der Waals surface area contributed by atoms with Crippen molar-refractivity contribution >= 4 is 5.97 Å². The van der Waals surface area contributed by atoms with E-state index in [0.717, 1.165) is 49.7 Å². The normalized spacial score (nSPS) is 34.6. The van der Waals surface area contributed by atoms with Crippen molar-refractivity contribution in [1.82, 2.24) is 0 Å². The minimum atomic E-state index is -0.982. The lowest BCUT2D eigenvalue weighted by Gasteiger charge is -2.44. The van der Waals surface area contributed by atoms with Crippen molar-refractivity contribution in [2.75, 3.05) is 6.61 Å². The summed E-state index contributed by atoms with van der Waals surface area (Å²) < 4.78 is 5.38. The number of aliphatic hydroxyl groups excluding tert-OH is 3. The van der Waals surface area contributed by atoms with Crippen LogP contribution < -0.4 is 0 Å². The van der Waals surface area contributed by atoms with Crippen LogP contribution in [0.1, 0.15) is 92.4 Å². The summed E-state index contributed by atoms with van der Waals surface area (Å²) in [6.07, 6.45) is 14.6. The average molecular weight is 515 g/mol. The molecular weight excluding hydrogens is 464 g/mol. The molecule has 0 aliphatic heterocycles. The summed E-state index contributed by atoms with van der Waals surface area (Å²) in [6, 6.07) is 0. The summed E-state index contributed by atoms with van der Waals surface area (Å²) in [5.74, 6) is 0.957. The van der Waals surface area contributed by atoms with Crippen LogP contribution >= 0.6 is 0 Å². The molecule has 5 heteroatoms. The fraction of sp³-hybridized carbons (Fsp3) is 0.719. The first-order chi connectivity index (χ1) is 17.4. The Hall–Kier alpha value is -1.69. The van der Waals surface area contributed by atoms with Gasteiger partial charge in [0.2, 0.25) is 0 Å². The van der Waals surface area contributed by atoms with Crippen LogP contribution in [0.3, 0.4) is 0 Å². The van der Waals surface area contributed by atoms with Gasteiger partial charge in [0.25, 0.3) is 0 Å². The molecule has 0 aromatic carbocycles. The van der Waals surface area contributed by atoms with Gasteiger partial charge in [-0.2, -0.15) is 0 Å². The van der Waals surface area contributed by atoms with Crippen molar-refractivity contribution in [2.45, 2.75) is 111 Å². The summed E-state index contributed by atoms with van der Waals surface area (Å²) >= 11 is 0. The van der Waals surface area contributed by atoms with E-state index in [-0.39, 0.29) is 17.3 Å². The fourth-order valence-corrected chi connectivity index (χ4v) is 6.88. The maximum atomic E-state index is 12.5. The first kappa shape index (κ1) is 29.9. The van der Waals surface area contributed by atoms with Crippen LogP contribution in [-0.2, 0) is 9.53 Å². The van der Waals surface area contributed by atoms with E-state index in [1.165, 1.54) is 12.0 Å². The average Bonchev–Trinajstić information content (AvgIpc) is 3.21. The molecule has 0 radical (unpaired) electrons. The first-order valence-electron chi connectivity index (χ1n) is 14.4. The second-order valence-electron chi connectivity index (χ2n) is 12.6. The van der Waals surface area contributed by atoms with E-state index in [1.807, 2.05) is 0 Å². The standard InChI is InChI=1S/C32H50O5/c1-7-8-18-37-30(36)31(4,5)29(35)16-11-21(2)26-14-15-27-23(10-9-17-32(26,27)6)12-13-24-19-25(33)20-28(34)22(24)3/h11-13,16,21,25-29,33-35H,3,7-10,14-15,17-20H2,1-2,4-6H3/b16-11+,23-12+,24-13-/t21-,25-,26-,27+,28+,29+,32-/m1/s1. The Kier molecular flexibility index (Phi) is 10.0. The van der Waals surface area contributed by atoms with Gasteiger partial charge >= 0.3 is 5.97 Å². The number of unbranched alkanes of at least 4 members (excludes halogenated alkanes) is 1. The molecule has 0 amide bonds. The quantitative estimate of drug-likeness (QED) is 0.198. The van der Waals surface area contributed by atoms with Crippen molar-refractivity contribution in [3.05, 3.63) is 47.6 Å². The molecule has 0 spiro atoms. The Bertz CT molecular complexity index is 912. The third-order valence-corrected chi connectivity index (χ3v) is 9.53. The van der Waals surface area contributed by atoms with Crippen molar-refractivity contribution in [3.63, 3.8) is 0 Å². The minimum absolute atomic E-state index is 0.189. The van der Waals surface area contributed by atoms with Crippen molar-refractivity contribution in [1.29, 1.82) is 0 Å². The summed E-state index contributed by atoms with van der Waals surface area (Å²) in [5, 5.41) is 31.1. The zero-order valence-electron chi connectivity index (χ0n) is 23.7. The second-order valence-corrected chi connectivity index (χ2v) is 12.6. The molecule has 3 fully saturated rings. The lowest BCUT2D eigenvalue weighted by Crippen LogP contribution is -2.38. The van der Waals surface area contributed by atoms with E-state index in [9.17, 15) is 20.1 Å². The Morgan fingerprint density at radius 2 is 1.97 bits per heavy atom. The number of carbonyl (C=O) groups excluding carboxylic acids is 1. The molecule has 3 rings (SSSR count). The predicted molar refractivity (Wildman–Crippen MR) is 149 cm³/mol. The van der Waals surface area contributed by atoms with E-state index in [4.69, 9.17) is 4.74 Å². The van der Waals surface area contributed by atoms with E-state index in [2.05, 4.69) is 45.6 Å². The molecule has 37 heavy (non-hydrogen) atoms. The number of hydrogen-bond acceptors (Lipinski definition) is 5. The number of hydrogen-bond donors (Lipinski definition) is 3. The number of allylic oxidation sites excluding steroid dienone is 4. The predicted octanol–water partition coefficient (Wildman–Crippen LogP) is 6.05. The SMILES string of the molecule is C=C1/C(=C\C=C2/CCC[C@]3(C)[C@@H]([C@H](C)/C=C/[C@H](O)C(C)(C)C(=O)OCCCC)CC[C@@H]23)C[C@@H](O)C[C@@H]1O. The van der Waals surface area contributed by atoms with Gasteiger partial charge in [0.15, 0.2) is 0 Å². The molecule has 0 unspecified atom stereocenters. The maximum absolute atomic E-state index is 12.5. The Morgan fingerprint density at radius 1 is 1.24 bits per heavy atom. The summed E-state index contributed by atoms with van der Waals surface area (Å²) in [7, 11) is 0. The van der Waals surface area contributed by atoms with Crippen LogP contribution in [0.5, 0.6) is 0 Å².